The fourth-order valence-electron chi connectivity index (χ4n) is 2.58. The van der Waals surface area contributed by atoms with Gasteiger partial charge in [-0.05, 0) is 24.5 Å². The molecule has 1 aliphatic carbocycles. The molecule has 0 radical (unpaired) electrons. The van der Waals surface area contributed by atoms with Crippen molar-refractivity contribution in [3.05, 3.63) is 34.9 Å². The number of carbonyl (C=O) groups is 1. The zero-order valence-electron chi connectivity index (χ0n) is 8.29. The summed E-state index contributed by atoms with van der Waals surface area (Å²) >= 11 is 6.11. The Hall–Kier alpha value is -1.02. The number of hydrogen-bond donors (Lipinski definition) is 1. The van der Waals surface area contributed by atoms with Gasteiger partial charge in [0.2, 0.25) is 5.91 Å². The molecule has 3 heteroatoms. The third-order valence-corrected chi connectivity index (χ3v) is 3.99. The second kappa shape index (κ2) is 2.99. The van der Waals surface area contributed by atoms with Gasteiger partial charge in [0.05, 0.1) is 0 Å². The van der Waals surface area contributed by atoms with Crippen molar-refractivity contribution in [1.29, 1.82) is 0 Å². The van der Waals surface area contributed by atoms with Crippen LogP contribution >= 0.6 is 11.6 Å². The lowest BCUT2D eigenvalue weighted by Gasteiger charge is -2.11. The molecule has 1 aromatic rings. The molecule has 1 heterocycles. The van der Waals surface area contributed by atoms with Gasteiger partial charge in [0.25, 0.3) is 0 Å². The van der Waals surface area contributed by atoms with E-state index in [1.807, 2.05) is 18.2 Å². The van der Waals surface area contributed by atoms with Crippen molar-refractivity contribution < 1.29 is 4.79 Å². The van der Waals surface area contributed by atoms with Crippen LogP contribution in [-0.4, -0.2) is 12.5 Å². The number of carbonyl (C=O) groups excluding carboxylic acids is 1. The van der Waals surface area contributed by atoms with Gasteiger partial charge in [-0.15, -0.1) is 0 Å². The van der Waals surface area contributed by atoms with Gasteiger partial charge in [0.1, 0.15) is 0 Å². The normalized spacial score (nSPS) is 32.3. The molecule has 0 aromatic heterocycles. The van der Waals surface area contributed by atoms with Crippen LogP contribution in [0.5, 0.6) is 0 Å². The molecular formula is C12H12ClNO. The van der Waals surface area contributed by atoms with E-state index in [2.05, 4.69) is 11.4 Å². The summed E-state index contributed by atoms with van der Waals surface area (Å²) in [4.78, 5) is 11.4. The molecule has 1 aromatic carbocycles. The number of nitrogens with one attached hydrogen (secondary N) is 1. The van der Waals surface area contributed by atoms with Gasteiger partial charge in [-0.25, -0.2) is 0 Å². The Morgan fingerprint density at radius 3 is 2.87 bits per heavy atom. The number of benzene rings is 1. The maximum atomic E-state index is 11.4. The highest BCUT2D eigenvalue weighted by atomic mass is 35.5. The summed E-state index contributed by atoms with van der Waals surface area (Å²) in [5, 5.41) is 3.73. The average molecular weight is 222 g/mol. The summed E-state index contributed by atoms with van der Waals surface area (Å²) < 4.78 is 0. The smallest absolute Gasteiger partial charge is 0.223 e. The first-order valence-corrected chi connectivity index (χ1v) is 5.60. The zero-order chi connectivity index (χ0) is 10.5. The maximum Gasteiger partial charge on any atom is 0.223 e. The molecule has 78 valence electrons. The van der Waals surface area contributed by atoms with Crippen LogP contribution in [0.3, 0.4) is 0 Å². The van der Waals surface area contributed by atoms with E-state index in [0.29, 0.717) is 0 Å². The molecule has 1 saturated carbocycles. The Morgan fingerprint density at radius 2 is 2.27 bits per heavy atom. The van der Waals surface area contributed by atoms with Crippen molar-refractivity contribution in [2.24, 2.45) is 11.3 Å². The highest BCUT2D eigenvalue weighted by Crippen LogP contribution is 2.57. The highest BCUT2D eigenvalue weighted by molar-refractivity contribution is 6.31. The van der Waals surface area contributed by atoms with E-state index in [-0.39, 0.29) is 17.2 Å². The van der Waals surface area contributed by atoms with E-state index in [0.717, 1.165) is 30.0 Å². The fourth-order valence-corrected chi connectivity index (χ4v) is 2.78. The van der Waals surface area contributed by atoms with Crippen LogP contribution in [0.4, 0.5) is 0 Å². The molecule has 0 spiro atoms. The van der Waals surface area contributed by atoms with E-state index in [1.165, 1.54) is 0 Å². The quantitative estimate of drug-likeness (QED) is 0.814. The number of rotatable bonds is 2. The minimum absolute atomic E-state index is 0.183. The molecule has 2 fully saturated rings. The van der Waals surface area contributed by atoms with Crippen LogP contribution in [0.25, 0.3) is 0 Å². The largest absolute Gasteiger partial charge is 0.355 e. The standard InChI is InChI=1S/C12H12ClNO/c13-10-4-2-1-3-8(10)5-12-6-9(12)11(15)14-7-12/h1-4,9H,5-7H2,(H,14,15). The van der Waals surface area contributed by atoms with Gasteiger partial charge in [0, 0.05) is 22.9 Å². The van der Waals surface area contributed by atoms with Crippen molar-refractivity contribution in [2.45, 2.75) is 12.8 Å². The van der Waals surface area contributed by atoms with E-state index in [9.17, 15) is 4.79 Å². The summed E-state index contributed by atoms with van der Waals surface area (Å²) in [6.07, 6.45) is 1.96. The van der Waals surface area contributed by atoms with Gasteiger partial charge in [-0.3, -0.25) is 4.79 Å². The van der Waals surface area contributed by atoms with E-state index < -0.39 is 0 Å². The van der Waals surface area contributed by atoms with Crippen LogP contribution in [0.15, 0.2) is 24.3 Å². The third-order valence-electron chi connectivity index (χ3n) is 3.62. The van der Waals surface area contributed by atoms with Crippen LogP contribution < -0.4 is 5.32 Å². The first kappa shape index (κ1) is 9.22. The number of halogens is 1. The van der Waals surface area contributed by atoms with E-state index in [4.69, 9.17) is 11.6 Å². The number of piperidine rings is 1. The van der Waals surface area contributed by atoms with Crippen LogP contribution in [-0.2, 0) is 11.2 Å². The second-order valence-electron chi connectivity index (χ2n) is 4.61. The van der Waals surface area contributed by atoms with Gasteiger partial charge < -0.3 is 5.32 Å². The molecule has 1 aliphatic heterocycles. The van der Waals surface area contributed by atoms with Crippen LogP contribution in [0.1, 0.15) is 12.0 Å². The Labute approximate surface area is 93.6 Å². The lowest BCUT2D eigenvalue weighted by atomic mass is 9.96. The predicted octanol–water partition coefficient (Wildman–Crippen LogP) is 2.02. The zero-order valence-corrected chi connectivity index (χ0v) is 9.05. The van der Waals surface area contributed by atoms with Crippen LogP contribution in [0.2, 0.25) is 5.02 Å². The van der Waals surface area contributed by atoms with Crippen molar-refractivity contribution in [1.82, 2.24) is 5.32 Å². The molecule has 2 atom stereocenters. The molecule has 15 heavy (non-hydrogen) atoms. The minimum Gasteiger partial charge on any atom is -0.355 e. The molecule has 3 rings (SSSR count). The van der Waals surface area contributed by atoms with Gasteiger partial charge >= 0.3 is 0 Å². The summed E-state index contributed by atoms with van der Waals surface area (Å²) in [5.41, 5.74) is 1.35. The average Bonchev–Trinajstić information content (AvgIpc) is 2.86. The number of fused-ring (bicyclic) bond motifs is 1. The molecule has 2 aliphatic rings. The Kier molecular flexibility index (Phi) is 1.84. The Balaban J connectivity index is 1.83. The van der Waals surface area contributed by atoms with Gasteiger partial charge in [-0.1, -0.05) is 29.8 Å². The molecule has 1 N–H and O–H groups in total. The highest BCUT2D eigenvalue weighted by Gasteiger charge is 2.62. The van der Waals surface area contributed by atoms with Crippen molar-refractivity contribution in [2.75, 3.05) is 6.54 Å². The summed E-state index contributed by atoms with van der Waals surface area (Å²) in [6.45, 7) is 0.821. The van der Waals surface area contributed by atoms with Crippen molar-refractivity contribution in [3.63, 3.8) is 0 Å². The molecule has 2 nitrogen and oxygen atoms in total. The molecule has 2 unspecified atom stereocenters. The monoisotopic (exact) mass is 221 g/mol. The van der Waals surface area contributed by atoms with Crippen molar-refractivity contribution in [3.8, 4) is 0 Å². The van der Waals surface area contributed by atoms with Gasteiger partial charge in [-0.2, -0.15) is 0 Å². The first-order valence-electron chi connectivity index (χ1n) is 5.22. The van der Waals surface area contributed by atoms with E-state index >= 15 is 0 Å². The molecule has 1 amide bonds. The molecule has 0 bridgehead atoms. The number of hydrogen-bond acceptors (Lipinski definition) is 1. The summed E-state index contributed by atoms with van der Waals surface area (Å²) in [5.74, 6) is 0.468. The predicted molar refractivity (Wildman–Crippen MR) is 58.7 cm³/mol. The van der Waals surface area contributed by atoms with Crippen molar-refractivity contribution >= 4 is 17.5 Å². The van der Waals surface area contributed by atoms with Crippen LogP contribution in [0, 0.1) is 11.3 Å². The third kappa shape index (κ3) is 1.36. The Morgan fingerprint density at radius 1 is 1.47 bits per heavy atom. The maximum absolute atomic E-state index is 11.4. The minimum atomic E-state index is 0.183. The fraction of sp³-hybridized carbons (Fsp3) is 0.417. The summed E-state index contributed by atoms with van der Waals surface area (Å²) in [6, 6.07) is 7.90. The summed E-state index contributed by atoms with van der Waals surface area (Å²) in [7, 11) is 0. The molecular weight excluding hydrogens is 210 g/mol. The first-order chi connectivity index (χ1) is 7.21. The lowest BCUT2D eigenvalue weighted by molar-refractivity contribution is -0.120. The number of amides is 1. The van der Waals surface area contributed by atoms with Gasteiger partial charge in [0.15, 0.2) is 0 Å². The topological polar surface area (TPSA) is 29.1 Å². The SMILES string of the molecule is O=C1NCC2(Cc3ccccc3Cl)CC12. The molecule has 1 saturated heterocycles. The van der Waals surface area contributed by atoms with E-state index in [1.54, 1.807) is 0 Å². The lowest BCUT2D eigenvalue weighted by Crippen LogP contribution is -2.21. The Bertz CT molecular complexity index is 431. The second-order valence-corrected chi connectivity index (χ2v) is 5.01.